The molecule has 1 saturated heterocycles. The van der Waals surface area contributed by atoms with Crippen LogP contribution in [-0.4, -0.2) is 101 Å². The first-order valence-electron chi connectivity index (χ1n) is 21.7. The second kappa shape index (κ2) is 24.4. The summed E-state index contributed by atoms with van der Waals surface area (Å²) < 4.78 is 41.4. The molecule has 4 aromatic carbocycles. The Balaban J connectivity index is 1.32. The molecule has 3 N–H and O–H groups in total. The van der Waals surface area contributed by atoms with Gasteiger partial charge in [-0.15, -0.1) is 0 Å². The van der Waals surface area contributed by atoms with E-state index in [0.717, 1.165) is 25.0 Å². The van der Waals surface area contributed by atoms with Gasteiger partial charge in [-0.2, -0.15) is 0 Å². The van der Waals surface area contributed by atoms with E-state index < -0.39 is 91.2 Å². The van der Waals surface area contributed by atoms with Crippen molar-refractivity contribution >= 4 is 30.2 Å². The van der Waals surface area contributed by atoms with Gasteiger partial charge in [0.1, 0.15) is 38.1 Å². The topological polar surface area (TPSA) is 246 Å². The molecule has 354 valence electrons. The molecule has 0 bridgehead atoms. The molecule has 67 heavy (non-hydrogen) atoms. The van der Waals surface area contributed by atoms with Crippen molar-refractivity contribution in [1.82, 2.24) is 15.5 Å². The summed E-state index contributed by atoms with van der Waals surface area (Å²) in [4.78, 5) is 71.2. The SMILES string of the molecule is CC(=O)O[C@H]1[C@H](OC2O[C@H](C(C)N(Cc3ccccc3)C(=O)OCc3ccccc3)CC[C@H]2N=[N+]=[N-])[C@@H](NC(=O)OCc2ccccc2)[C@H](O)[C@@H](NC(=O)OCc2ccccc2)[C@@H]1OC(C)=O. The average Bonchev–Trinajstić information content (AvgIpc) is 3.33. The number of hydrogen-bond acceptors (Lipinski definition) is 14. The second-order valence-corrected chi connectivity index (χ2v) is 16.0. The molecule has 10 atom stereocenters. The molecule has 2 unspecified atom stereocenters. The number of aliphatic hydroxyl groups is 1. The van der Waals surface area contributed by atoms with Gasteiger partial charge in [-0.3, -0.25) is 14.5 Å². The van der Waals surface area contributed by atoms with E-state index >= 15 is 0 Å². The number of benzene rings is 4. The van der Waals surface area contributed by atoms with Crippen LogP contribution in [0.15, 0.2) is 126 Å². The Labute approximate surface area is 387 Å². The van der Waals surface area contributed by atoms with Gasteiger partial charge >= 0.3 is 30.2 Å². The van der Waals surface area contributed by atoms with E-state index in [-0.39, 0.29) is 39.2 Å². The van der Waals surface area contributed by atoms with Gasteiger partial charge in [-0.05, 0) is 47.6 Å². The smallest absolute Gasteiger partial charge is 0.410 e. The van der Waals surface area contributed by atoms with Gasteiger partial charge in [0.25, 0.3) is 0 Å². The van der Waals surface area contributed by atoms with Crippen LogP contribution >= 0.6 is 0 Å². The van der Waals surface area contributed by atoms with Crippen molar-refractivity contribution in [2.75, 3.05) is 0 Å². The van der Waals surface area contributed by atoms with Gasteiger partial charge in [0.15, 0.2) is 18.5 Å². The summed E-state index contributed by atoms with van der Waals surface area (Å²) in [7, 11) is 0. The highest BCUT2D eigenvalue weighted by atomic mass is 16.7. The number of hydrogen-bond donors (Lipinski definition) is 3. The first-order chi connectivity index (χ1) is 32.4. The second-order valence-electron chi connectivity index (χ2n) is 16.0. The predicted molar refractivity (Wildman–Crippen MR) is 238 cm³/mol. The molecule has 3 amide bonds. The molecule has 4 aromatic rings. The van der Waals surface area contributed by atoms with Crippen LogP contribution < -0.4 is 10.6 Å². The zero-order valence-corrected chi connectivity index (χ0v) is 37.2. The van der Waals surface area contributed by atoms with E-state index in [1.165, 1.54) is 4.90 Å². The Morgan fingerprint density at radius 1 is 0.687 bits per heavy atom. The Hall–Kier alpha value is -7.18. The maximum atomic E-state index is 13.9. The highest BCUT2D eigenvalue weighted by Crippen LogP contribution is 2.35. The largest absolute Gasteiger partial charge is 0.456 e. The molecule has 1 saturated carbocycles. The van der Waals surface area contributed by atoms with Crippen molar-refractivity contribution in [2.45, 2.75) is 121 Å². The Bertz CT molecular complexity index is 2290. The van der Waals surface area contributed by atoms with Crippen LogP contribution in [0.5, 0.6) is 0 Å². The van der Waals surface area contributed by atoms with Crippen LogP contribution in [-0.2, 0) is 69.1 Å². The maximum Gasteiger partial charge on any atom is 0.410 e. The first-order valence-corrected chi connectivity index (χ1v) is 21.7. The fraction of sp³-hybridized carbons (Fsp3) is 0.396. The molecule has 1 aliphatic heterocycles. The molecule has 2 fully saturated rings. The van der Waals surface area contributed by atoms with Gasteiger partial charge in [0.2, 0.25) is 0 Å². The number of alkyl carbamates (subject to hydrolysis) is 2. The number of rotatable bonds is 17. The number of aliphatic hydroxyl groups excluding tert-OH is 1. The van der Waals surface area contributed by atoms with Gasteiger partial charge in [-0.1, -0.05) is 126 Å². The quantitative estimate of drug-likeness (QED) is 0.0332. The van der Waals surface area contributed by atoms with Crippen LogP contribution in [0.1, 0.15) is 55.9 Å². The molecular formula is C48H54N6O13. The standard InChI is InChI=1S/C48H54N6O13/c1-30(54(26-33-16-8-4-9-17-33)48(60)63-29-36-22-14-7-15-23-36)38-25-24-37(52-53-49)45(66-38)67-43-40(51-47(59)62-28-35-20-12-6-13-21-35)41(57)39(42(64-31(2)55)44(43)65-32(3)56)50-46(58)61-27-34-18-10-5-11-19-34/h4-23,30,37-45,57H,24-29H2,1-3H3,(H,50,58)(H,51,59)/t30?,37-,38+,39-,40+,41-,42+,43-,44-,45?/m1/s1. The van der Waals surface area contributed by atoms with E-state index in [1.54, 1.807) is 67.6 Å². The van der Waals surface area contributed by atoms with Crippen LogP contribution in [0.2, 0.25) is 0 Å². The van der Waals surface area contributed by atoms with Crippen LogP contribution in [0, 0.1) is 0 Å². The molecule has 0 radical (unpaired) electrons. The Morgan fingerprint density at radius 3 is 1.61 bits per heavy atom. The number of carbonyl (C=O) groups excluding carboxylic acids is 5. The van der Waals surface area contributed by atoms with Crippen LogP contribution in [0.4, 0.5) is 14.4 Å². The summed E-state index contributed by atoms with van der Waals surface area (Å²) in [5, 5.41) is 21.3. The van der Waals surface area contributed by atoms with Gasteiger partial charge in [0.05, 0.1) is 24.2 Å². The number of nitrogens with zero attached hydrogens (tertiary/aromatic N) is 4. The third-order valence-electron chi connectivity index (χ3n) is 11.2. The average molecular weight is 923 g/mol. The number of nitrogens with one attached hydrogen (secondary N) is 2. The van der Waals surface area contributed by atoms with Crippen molar-refractivity contribution < 1.29 is 62.2 Å². The highest BCUT2D eigenvalue weighted by molar-refractivity contribution is 5.71. The monoisotopic (exact) mass is 922 g/mol. The lowest BCUT2D eigenvalue weighted by Gasteiger charge is -2.49. The van der Waals surface area contributed by atoms with Crippen molar-refractivity contribution in [1.29, 1.82) is 0 Å². The summed E-state index contributed by atoms with van der Waals surface area (Å²) in [5.41, 5.74) is 12.6. The minimum atomic E-state index is -1.87. The van der Waals surface area contributed by atoms with E-state index in [9.17, 15) is 34.6 Å². The predicted octanol–water partition coefficient (Wildman–Crippen LogP) is 6.61. The lowest BCUT2D eigenvalue weighted by molar-refractivity contribution is -0.273. The minimum Gasteiger partial charge on any atom is -0.456 e. The minimum absolute atomic E-state index is 0.00170. The lowest BCUT2D eigenvalue weighted by Crippen LogP contribution is -2.74. The number of amides is 3. The van der Waals surface area contributed by atoms with Crippen molar-refractivity contribution in [3.63, 3.8) is 0 Å². The summed E-state index contributed by atoms with van der Waals surface area (Å²) in [6.45, 7) is 3.70. The summed E-state index contributed by atoms with van der Waals surface area (Å²) in [6.07, 6.45) is -11.5. The molecule has 1 aliphatic carbocycles. The fourth-order valence-corrected chi connectivity index (χ4v) is 7.94. The molecule has 0 aromatic heterocycles. The van der Waals surface area contributed by atoms with E-state index in [0.29, 0.717) is 11.1 Å². The fourth-order valence-electron chi connectivity index (χ4n) is 7.94. The number of azide groups is 1. The number of ether oxygens (including phenoxy) is 7. The number of carbonyl (C=O) groups is 5. The van der Waals surface area contributed by atoms with Crippen molar-refractivity contribution in [3.05, 3.63) is 154 Å². The molecule has 0 spiro atoms. The van der Waals surface area contributed by atoms with E-state index in [2.05, 4.69) is 20.7 Å². The normalized spacial score (nSPS) is 23.7. The van der Waals surface area contributed by atoms with Crippen molar-refractivity contribution in [2.24, 2.45) is 5.11 Å². The maximum absolute atomic E-state index is 13.9. The van der Waals surface area contributed by atoms with Gasteiger partial charge in [0, 0.05) is 25.3 Å². The van der Waals surface area contributed by atoms with E-state index in [4.69, 9.17) is 33.2 Å². The van der Waals surface area contributed by atoms with Crippen LogP contribution in [0.25, 0.3) is 10.4 Å². The first kappa shape index (κ1) is 49.3. The third kappa shape index (κ3) is 14.2. The zero-order chi connectivity index (χ0) is 47.7. The molecule has 2 aliphatic rings. The van der Waals surface area contributed by atoms with Crippen molar-refractivity contribution in [3.8, 4) is 0 Å². The molecule has 6 rings (SSSR count). The molecular weight excluding hydrogens is 869 g/mol. The van der Waals surface area contributed by atoms with Crippen LogP contribution in [0.3, 0.4) is 0 Å². The Morgan fingerprint density at radius 2 is 1.13 bits per heavy atom. The molecule has 19 nitrogen and oxygen atoms in total. The van der Waals surface area contributed by atoms with E-state index in [1.807, 2.05) is 60.7 Å². The molecule has 1 heterocycles. The highest BCUT2D eigenvalue weighted by Gasteiger charge is 2.57. The summed E-state index contributed by atoms with van der Waals surface area (Å²) in [5.74, 6) is -1.78. The number of esters is 2. The van der Waals surface area contributed by atoms with Gasteiger partial charge < -0.3 is 48.9 Å². The molecule has 19 heteroatoms. The summed E-state index contributed by atoms with van der Waals surface area (Å²) >= 11 is 0. The Kier molecular flexibility index (Phi) is 17.9. The summed E-state index contributed by atoms with van der Waals surface area (Å²) in [6, 6.07) is 31.0. The third-order valence-corrected chi connectivity index (χ3v) is 11.2. The lowest BCUT2D eigenvalue weighted by atomic mass is 9.80. The van der Waals surface area contributed by atoms with Gasteiger partial charge in [-0.25, -0.2) is 14.4 Å². The zero-order valence-electron chi connectivity index (χ0n) is 37.2.